The Bertz CT molecular complexity index is 2000. The van der Waals surface area contributed by atoms with E-state index in [2.05, 4.69) is 16.0 Å². The molecule has 3 N–H and O–H groups in total. The van der Waals surface area contributed by atoms with Crippen molar-refractivity contribution in [3.63, 3.8) is 0 Å². The molecule has 0 aliphatic rings. The van der Waals surface area contributed by atoms with Crippen molar-refractivity contribution in [3.8, 4) is 0 Å². The SMILES string of the molecule is Cc1ccc([N+](=O)[O-])cc1NC(=O)C(Sc1cccc(NC(=O)/C(=C\c2ccccc2Cl)NC(=O)c2ccccc2)c1)c1ccccc1. The van der Waals surface area contributed by atoms with Crippen LogP contribution < -0.4 is 16.0 Å². The molecule has 11 heteroatoms. The second kappa shape index (κ2) is 15.7. The molecule has 3 amide bonds. The number of thioether (sulfide) groups is 1. The molecule has 1 unspecified atom stereocenters. The Morgan fingerprint density at radius 2 is 1.50 bits per heavy atom. The third-order valence-corrected chi connectivity index (χ3v) is 8.70. The minimum Gasteiger partial charge on any atom is -0.324 e. The lowest BCUT2D eigenvalue weighted by molar-refractivity contribution is -0.384. The molecule has 0 aliphatic carbocycles. The predicted molar refractivity (Wildman–Crippen MR) is 190 cm³/mol. The highest BCUT2D eigenvalue weighted by atomic mass is 35.5. The maximum Gasteiger partial charge on any atom is 0.272 e. The van der Waals surface area contributed by atoms with Crippen molar-refractivity contribution in [3.05, 3.63) is 170 Å². The summed E-state index contributed by atoms with van der Waals surface area (Å²) in [6.07, 6.45) is 1.50. The van der Waals surface area contributed by atoms with E-state index in [0.29, 0.717) is 43.5 Å². The van der Waals surface area contributed by atoms with Crippen LogP contribution in [0.4, 0.5) is 17.1 Å². The van der Waals surface area contributed by atoms with Gasteiger partial charge in [-0.3, -0.25) is 24.5 Å². The van der Waals surface area contributed by atoms with Crippen molar-refractivity contribution >= 4 is 64.2 Å². The monoisotopic (exact) mass is 676 g/mol. The summed E-state index contributed by atoms with van der Waals surface area (Å²) in [5.41, 5.74) is 2.91. The predicted octanol–water partition coefficient (Wildman–Crippen LogP) is 8.44. The van der Waals surface area contributed by atoms with Crippen molar-refractivity contribution in [1.29, 1.82) is 0 Å². The van der Waals surface area contributed by atoms with Gasteiger partial charge in [-0.15, -0.1) is 11.8 Å². The van der Waals surface area contributed by atoms with Crippen LogP contribution in [0.2, 0.25) is 5.02 Å². The van der Waals surface area contributed by atoms with Gasteiger partial charge in [-0.05, 0) is 66.1 Å². The summed E-state index contributed by atoms with van der Waals surface area (Å²) >= 11 is 7.61. The lowest BCUT2D eigenvalue weighted by Crippen LogP contribution is -2.30. The largest absolute Gasteiger partial charge is 0.324 e. The van der Waals surface area contributed by atoms with Crippen LogP contribution in [-0.2, 0) is 9.59 Å². The molecule has 0 bridgehead atoms. The Balaban J connectivity index is 1.39. The number of nitro groups is 1. The molecule has 0 aromatic heterocycles. The van der Waals surface area contributed by atoms with E-state index in [-0.39, 0.29) is 17.3 Å². The van der Waals surface area contributed by atoms with Gasteiger partial charge in [-0.2, -0.15) is 0 Å². The van der Waals surface area contributed by atoms with Gasteiger partial charge >= 0.3 is 0 Å². The van der Waals surface area contributed by atoms with Crippen LogP contribution in [0.1, 0.15) is 32.3 Å². The number of aryl methyl sites for hydroxylation is 1. The maximum absolute atomic E-state index is 13.7. The fourth-order valence-electron chi connectivity index (χ4n) is 4.63. The van der Waals surface area contributed by atoms with Crippen LogP contribution in [0, 0.1) is 17.0 Å². The van der Waals surface area contributed by atoms with Crippen LogP contribution in [-0.4, -0.2) is 22.6 Å². The minimum absolute atomic E-state index is 0.0242. The number of non-ortho nitro benzene ring substituents is 1. The van der Waals surface area contributed by atoms with Crippen LogP contribution in [0.15, 0.2) is 138 Å². The number of nitro benzene ring substituents is 1. The van der Waals surface area contributed by atoms with E-state index < -0.39 is 22.0 Å². The summed E-state index contributed by atoms with van der Waals surface area (Å²) in [6, 6.07) is 35.9. The molecule has 5 aromatic carbocycles. The Morgan fingerprint density at radius 1 is 0.812 bits per heavy atom. The van der Waals surface area contributed by atoms with Crippen molar-refractivity contribution in [2.24, 2.45) is 0 Å². The summed E-state index contributed by atoms with van der Waals surface area (Å²) in [5.74, 6) is -1.43. The van der Waals surface area contributed by atoms with Crippen molar-refractivity contribution in [2.45, 2.75) is 17.1 Å². The quantitative estimate of drug-likeness (QED) is 0.0557. The highest BCUT2D eigenvalue weighted by Gasteiger charge is 2.24. The Hall–Kier alpha value is -5.71. The Morgan fingerprint density at radius 3 is 2.21 bits per heavy atom. The first-order chi connectivity index (χ1) is 23.2. The first-order valence-electron chi connectivity index (χ1n) is 14.7. The van der Waals surface area contributed by atoms with E-state index in [1.807, 2.05) is 30.3 Å². The average molecular weight is 677 g/mol. The molecule has 0 aliphatic heterocycles. The molecule has 0 heterocycles. The van der Waals surface area contributed by atoms with Crippen LogP contribution in [0.25, 0.3) is 6.08 Å². The maximum atomic E-state index is 13.7. The van der Waals surface area contributed by atoms with Crippen LogP contribution >= 0.6 is 23.4 Å². The number of amides is 3. The number of nitrogens with zero attached hydrogens (tertiary/aromatic N) is 1. The number of hydrogen-bond donors (Lipinski definition) is 3. The molecule has 1 atom stereocenters. The van der Waals surface area contributed by atoms with E-state index in [0.717, 1.165) is 0 Å². The molecule has 0 spiro atoms. The third-order valence-electron chi connectivity index (χ3n) is 7.11. The molecule has 0 saturated heterocycles. The molecule has 5 rings (SSSR count). The van der Waals surface area contributed by atoms with E-state index in [1.54, 1.807) is 91.9 Å². The number of rotatable bonds is 11. The third kappa shape index (κ3) is 8.75. The number of nitrogens with one attached hydrogen (secondary N) is 3. The zero-order valence-corrected chi connectivity index (χ0v) is 27.1. The van der Waals surface area contributed by atoms with Gasteiger partial charge in [0.05, 0.1) is 10.6 Å². The molecular formula is C37H29ClN4O5S. The van der Waals surface area contributed by atoms with E-state index >= 15 is 0 Å². The van der Waals surface area contributed by atoms with Crippen LogP contribution in [0.5, 0.6) is 0 Å². The molecule has 0 radical (unpaired) electrons. The van der Waals surface area contributed by atoms with Gasteiger partial charge in [0.1, 0.15) is 10.9 Å². The molecule has 240 valence electrons. The lowest BCUT2D eigenvalue weighted by Gasteiger charge is -2.18. The molecular weight excluding hydrogens is 648 g/mol. The Kier molecular flexibility index (Phi) is 11.0. The number of benzene rings is 5. The molecule has 0 saturated carbocycles. The van der Waals surface area contributed by atoms with Gasteiger partial charge in [-0.25, -0.2) is 0 Å². The second-order valence-electron chi connectivity index (χ2n) is 10.5. The van der Waals surface area contributed by atoms with Gasteiger partial charge in [0.2, 0.25) is 5.91 Å². The van der Waals surface area contributed by atoms with Gasteiger partial charge in [0, 0.05) is 33.3 Å². The summed E-state index contributed by atoms with van der Waals surface area (Å²) in [7, 11) is 0. The first-order valence-corrected chi connectivity index (χ1v) is 16.0. The first kappa shape index (κ1) is 33.6. The van der Waals surface area contributed by atoms with E-state index in [9.17, 15) is 24.5 Å². The number of halogens is 1. The smallest absolute Gasteiger partial charge is 0.272 e. The standard InChI is InChI=1S/C37H29ClN4O5S/c1-24-19-20-29(42(46)47)23-32(24)40-37(45)34(25-11-4-2-5-12-25)48-30-17-10-16-28(22-30)39-36(44)33(21-27-15-8-9-18-31(27)38)41-35(43)26-13-6-3-7-14-26/h2-23,34H,1H3,(H,39,44)(H,40,45)(H,41,43)/b33-21+. The van der Waals surface area contributed by atoms with Gasteiger partial charge in [-0.1, -0.05) is 90.5 Å². The molecule has 5 aromatic rings. The number of anilines is 2. The fraction of sp³-hybridized carbons (Fsp3) is 0.0541. The highest BCUT2D eigenvalue weighted by Crippen LogP contribution is 2.38. The normalized spacial score (nSPS) is 11.7. The summed E-state index contributed by atoms with van der Waals surface area (Å²) < 4.78 is 0. The lowest BCUT2D eigenvalue weighted by atomic mass is 10.1. The van der Waals surface area contributed by atoms with Gasteiger partial charge in [0.25, 0.3) is 17.5 Å². The minimum atomic E-state index is -0.739. The number of hydrogen-bond acceptors (Lipinski definition) is 6. The van der Waals surface area contributed by atoms with Gasteiger partial charge in [0.15, 0.2) is 0 Å². The van der Waals surface area contributed by atoms with Crippen molar-refractivity contribution in [2.75, 3.05) is 10.6 Å². The molecule has 0 fully saturated rings. The topological polar surface area (TPSA) is 130 Å². The number of carbonyl (C=O) groups is 3. The molecule has 48 heavy (non-hydrogen) atoms. The van der Waals surface area contributed by atoms with Crippen LogP contribution in [0.3, 0.4) is 0 Å². The zero-order valence-electron chi connectivity index (χ0n) is 25.6. The van der Waals surface area contributed by atoms with Crippen molar-refractivity contribution < 1.29 is 19.3 Å². The number of carbonyl (C=O) groups excluding carboxylic acids is 3. The van der Waals surface area contributed by atoms with Gasteiger partial charge < -0.3 is 16.0 Å². The van der Waals surface area contributed by atoms with E-state index in [1.165, 1.54) is 30.0 Å². The molecule has 9 nitrogen and oxygen atoms in total. The second-order valence-corrected chi connectivity index (χ2v) is 12.1. The summed E-state index contributed by atoms with van der Waals surface area (Å²) in [6.45, 7) is 1.76. The fourth-order valence-corrected chi connectivity index (χ4v) is 5.90. The van der Waals surface area contributed by atoms with Crippen molar-refractivity contribution in [1.82, 2.24) is 5.32 Å². The average Bonchev–Trinajstić information content (AvgIpc) is 3.09. The van der Waals surface area contributed by atoms with E-state index in [4.69, 9.17) is 11.6 Å². The summed E-state index contributed by atoms with van der Waals surface area (Å²) in [4.78, 5) is 51.8. The Labute approximate surface area is 286 Å². The zero-order chi connectivity index (χ0) is 34.0. The highest BCUT2D eigenvalue weighted by molar-refractivity contribution is 8.00. The summed E-state index contributed by atoms with van der Waals surface area (Å²) in [5, 5.41) is 19.4.